The van der Waals surface area contributed by atoms with Gasteiger partial charge < -0.3 is 14.2 Å². The fourth-order valence-electron chi connectivity index (χ4n) is 4.03. The van der Waals surface area contributed by atoms with Crippen LogP contribution in [-0.2, 0) is 16.1 Å². The molecule has 1 aliphatic heterocycles. The molecule has 0 aliphatic carbocycles. The number of ether oxygens (including phenoxy) is 1. The van der Waals surface area contributed by atoms with Crippen molar-refractivity contribution in [1.82, 2.24) is 19.4 Å². The SMILES string of the molecule is CO[C@@H](C(=O)N1CCC(c2nccn2Cc2cccnc2)CC1)c1ccccc1. The lowest BCUT2D eigenvalue weighted by Gasteiger charge is -2.34. The number of likely N-dealkylation sites (tertiary alicyclic amines) is 1. The molecule has 1 saturated heterocycles. The van der Waals surface area contributed by atoms with Crippen molar-refractivity contribution in [2.24, 2.45) is 0 Å². The molecular formula is C23H26N4O2. The minimum absolute atomic E-state index is 0.0378. The van der Waals surface area contributed by atoms with E-state index in [1.54, 1.807) is 13.3 Å². The number of amides is 1. The second-order valence-electron chi connectivity index (χ2n) is 7.40. The van der Waals surface area contributed by atoms with Gasteiger partial charge in [0.1, 0.15) is 5.82 Å². The molecule has 29 heavy (non-hydrogen) atoms. The third-order valence-electron chi connectivity index (χ3n) is 5.56. The fourth-order valence-corrected chi connectivity index (χ4v) is 4.03. The molecule has 0 N–H and O–H groups in total. The van der Waals surface area contributed by atoms with E-state index >= 15 is 0 Å². The number of nitrogens with zero attached hydrogens (tertiary/aromatic N) is 4. The molecule has 3 heterocycles. The standard InChI is InChI=1S/C23H26N4O2/c1-29-21(19-7-3-2-4-8-19)23(28)26-13-9-20(10-14-26)22-25-12-15-27(22)17-18-6-5-11-24-16-18/h2-8,11-12,15-16,20-21H,9-10,13-14,17H2,1H3/t21-/m1/s1. The quantitative estimate of drug-likeness (QED) is 0.647. The van der Waals surface area contributed by atoms with Crippen LogP contribution in [0.2, 0.25) is 0 Å². The van der Waals surface area contributed by atoms with Gasteiger partial charge in [0.05, 0.1) is 6.54 Å². The summed E-state index contributed by atoms with van der Waals surface area (Å²) < 4.78 is 7.72. The predicted octanol–water partition coefficient (Wildman–Crippen LogP) is 3.42. The van der Waals surface area contributed by atoms with Gasteiger partial charge in [-0.25, -0.2) is 4.98 Å². The summed E-state index contributed by atoms with van der Waals surface area (Å²) in [6.07, 6.45) is 8.82. The number of carbonyl (C=O) groups is 1. The molecule has 0 radical (unpaired) electrons. The number of benzene rings is 1. The monoisotopic (exact) mass is 390 g/mol. The Morgan fingerprint density at radius 2 is 1.93 bits per heavy atom. The van der Waals surface area contributed by atoms with E-state index in [1.807, 2.05) is 59.9 Å². The van der Waals surface area contributed by atoms with Gasteiger partial charge in [0, 0.05) is 50.9 Å². The van der Waals surface area contributed by atoms with Crippen LogP contribution in [0.1, 0.15) is 41.8 Å². The summed E-state index contributed by atoms with van der Waals surface area (Å²) in [5.41, 5.74) is 2.05. The average Bonchev–Trinajstić information content (AvgIpc) is 3.24. The lowest BCUT2D eigenvalue weighted by molar-refractivity contribution is -0.143. The van der Waals surface area contributed by atoms with Crippen LogP contribution in [0.15, 0.2) is 67.3 Å². The topological polar surface area (TPSA) is 60.2 Å². The van der Waals surface area contributed by atoms with Crippen molar-refractivity contribution in [3.8, 4) is 0 Å². The Hall–Kier alpha value is -2.99. The molecule has 1 aromatic carbocycles. The largest absolute Gasteiger partial charge is 0.367 e. The molecule has 4 rings (SSSR count). The second-order valence-corrected chi connectivity index (χ2v) is 7.40. The van der Waals surface area contributed by atoms with Gasteiger partial charge in [0.25, 0.3) is 5.91 Å². The molecule has 150 valence electrons. The number of hydrogen-bond acceptors (Lipinski definition) is 4. The van der Waals surface area contributed by atoms with Gasteiger partial charge >= 0.3 is 0 Å². The van der Waals surface area contributed by atoms with E-state index in [1.165, 1.54) is 0 Å². The van der Waals surface area contributed by atoms with Crippen molar-refractivity contribution in [3.63, 3.8) is 0 Å². The minimum Gasteiger partial charge on any atom is -0.367 e. The molecule has 6 nitrogen and oxygen atoms in total. The maximum Gasteiger partial charge on any atom is 0.256 e. The molecule has 0 saturated carbocycles. The van der Waals surface area contributed by atoms with Gasteiger partial charge in [-0.2, -0.15) is 0 Å². The number of imidazole rings is 1. The number of piperidine rings is 1. The van der Waals surface area contributed by atoms with Crippen LogP contribution in [0.5, 0.6) is 0 Å². The van der Waals surface area contributed by atoms with Crippen LogP contribution in [0, 0.1) is 0 Å². The summed E-state index contributed by atoms with van der Waals surface area (Å²) in [7, 11) is 1.59. The first-order valence-electron chi connectivity index (χ1n) is 10.0. The minimum atomic E-state index is -0.541. The van der Waals surface area contributed by atoms with Gasteiger partial charge in [0.2, 0.25) is 0 Å². The third-order valence-corrected chi connectivity index (χ3v) is 5.56. The van der Waals surface area contributed by atoms with Crippen molar-refractivity contribution < 1.29 is 9.53 Å². The highest BCUT2D eigenvalue weighted by Crippen LogP contribution is 2.29. The van der Waals surface area contributed by atoms with Crippen molar-refractivity contribution >= 4 is 5.91 Å². The molecular weight excluding hydrogens is 364 g/mol. The number of hydrogen-bond donors (Lipinski definition) is 0. The van der Waals surface area contributed by atoms with E-state index in [0.29, 0.717) is 5.92 Å². The van der Waals surface area contributed by atoms with E-state index < -0.39 is 6.10 Å². The van der Waals surface area contributed by atoms with Gasteiger partial charge in [-0.15, -0.1) is 0 Å². The highest BCUT2D eigenvalue weighted by atomic mass is 16.5. The normalized spacial score (nSPS) is 16.0. The lowest BCUT2D eigenvalue weighted by Crippen LogP contribution is -2.41. The summed E-state index contributed by atoms with van der Waals surface area (Å²) in [5.74, 6) is 1.48. The fraction of sp³-hybridized carbons (Fsp3) is 0.348. The summed E-state index contributed by atoms with van der Waals surface area (Å²) >= 11 is 0. The third kappa shape index (κ3) is 4.38. The zero-order valence-electron chi connectivity index (χ0n) is 16.6. The molecule has 2 aromatic heterocycles. The number of aromatic nitrogens is 3. The van der Waals surface area contributed by atoms with Crippen molar-refractivity contribution in [2.75, 3.05) is 20.2 Å². The lowest BCUT2D eigenvalue weighted by atomic mass is 9.95. The molecule has 6 heteroatoms. The Kier molecular flexibility index (Phi) is 6.00. The van der Waals surface area contributed by atoms with E-state index in [-0.39, 0.29) is 5.91 Å². The van der Waals surface area contributed by atoms with Crippen molar-refractivity contribution in [1.29, 1.82) is 0 Å². The van der Waals surface area contributed by atoms with Crippen LogP contribution >= 0.6 is 0 Å². The van der Waals surface area contributed by atoms with E-state index in [4.69, 9.17) is 4.74 Å². The van der Waals surface area contributed by atoms with Gasteiger partial charge in [0.15, 0.2) is 6.10 Å². The maximum atomic E-state index is 13.0. The Labute approximate surface area is 171 Å². The molecule has 1 fully saturated rings. The Bertz CT molecular complexity index is 918. The van der Waals surface area contributed by atoms with Gasteiger partial charge in [-0.3, -0.25) is 9.78 Å². The van der Waals surface area contributed by atoms with Crippen LogP contribution in [-0.4, -0.2) is 45.5 Å². The number of rotatable bonds is 6. The van der Waals surface area contributed by atoms with Gasteiger partial charge in [-0.1, -0.05) is 36.4 Å². The van der Waals surface area contributed by atoms with Crippen LogP contribution in [0.3, 0.4) is 0 Å². The Morgan fingerprint density at radius 3 is 2.62 bits per heavy atom. The summed E-state index contributed by atoms with van der Waals surface area (Å²) in [6.45, 7) is 2.20. The van der Waals surface area contributed by atoms with Crippen LogP contribution in [0.4, 0.5) is 0 Å². The van der Waals surface area contributed by atoms with E-state index in [9.17, 15) is 4.79 Å². The smallest absolute Gasteiger partial charge is 0.256 e. The zero-order chi connectivity index (χ0) is 20.1. The molecule has 0 spiro atoms. The Balaban J connectivity index is 1.40. The first-order chi connectivity index (χ1) is 14.3. The molecule has 0 bridgehead atoms. The zero-order valence-corrected chi connectivity index (χ0v) is 16.6. The van der Waals surface area contributed by atoms with Crippen LogP contribution in [0.25, 0.3) is 0 Å². The summed E-state index contributed by atoms with van der Waals surface area (Å²) in [6, 6.07) is 13.7. The molecule has 3 aromatic rings. The van der Waals surface area contributed by atoms with Crippen molar-refractivity contribution in [2.45, 2.75) is 31.4 Å². The summed E-state index contributed by atoms with van der Waals surface area (Å²) in [5, 5.41) is 0. The second kappa shape index (κ2) is 9.01. The molecule has 0 unspecified atom stereocenters. The van der Waals surface area contributed by atoms with Gasteiger partial charge in [-0.05, 0) is 30.0 Å². The molecule has 1 aliphatic rings. The van der Waals surface area contributed by atoms with Crippen LogP contribution < -0.4 is 0 Å². The predicted molar refractivity (Wildman–Crippen MR) is 110 cm³/mol. The van der Waals surface area contributed by atoms with E-state index in [0.717, 1.165) is 49.4 Å². The first kappa shape index (κ1) is 19.3. The Morgan fingerprint density at radius 1 is 1.14 bits per heavy atom. The van der Waals surface area contributed by atoms with E-state index in [2.05, 4.69) is 20.6 Å². The molecule has 1 atom stereocenters. The van der Waals surface area contributed by atoms with Crippen molar-refractivity contribution in [3.05, 3.63) is 84.2 Å². The molecule has 1 amide bonds. The first-order valence-corrected chi connectivity index (χ1v) is 10.0. The highest BCUT2D eigenvalue weighted by molar-refractivity contribution is 5.82. The highest BCUT2D eigenvalue weighted by Gasteiger charge is 2.31. The maximum absolute atomic E-state index is 13.0. The number of methoxy groups -OCH3 is 1. The summed E-state index contributed by atoms with van der Waals surface area (Å²) in [4.78, 5) is 23.7. The number of pyridine rings is 1. The number of carbonyl (C=O) groups excluding carboxylic acids is 1. The average molecular weight is 390 g/mol.